The Morgan fingerprint density at radius 2 is 2.06 bits per heavy atom. The number of hydrogen-bond donors (Lipinski definition) is 2. The minimum Gasteiger partial charge on any atom is -0.493 e. The molecule has 1 unspecified atom stereocenters. The lowest BCUT2D eigenvalue weighted by Gasteiger charge is -2.28. The second-order valence-electron chi connectivity index (χ2n) is 7.17. The summed E-state index contributed by atoms with van der Waals surface area (Å²) in [4.78, 5) is 17.8. The zero-order valence-electron chi connectivity index (χ0n) is 17.5. The summed E-state index contributed by atoms with van der Waals surface area (Å²) in [7, 11) is 3.33. The Labute approximate surface area is 180 Å². The van der Waals surface area contributed by atoms with Crippen molar-refractivity contribution < 1.29 is 23.0 Å². The number of nitrogens with zero attached hydrogens (tertiary/aromatic N) is 2. The molecule has 166 valence electrons. The minimum atomic E-state index is -0.762. The normalized spacial score (nSPS) is 15.5. The number of halogens is 2. The van der Waals surface area contributed by atoms with Crippen molar-refractivity contribution >= 4 is 11.9 Å². The predicted molar refractivity (Wildman–Crippen MR) is 113 cm³/mol. The van der Waals surface area contributed by atoms with Crippen molar-refractivity contribution in [3.63, 3.8) is 0 Å². The Kier molecular flexibility index (Phi) is 7.64. The van der Waals surface area contributed by atoms with Crippen molar-refractivity contribution in [1.82, 2.24) is 15.5 Å². The molecule has 9 heteroatoms. The van der Waals surface area contributed by atoms with E-state index >= 15 is 0 Å². The third kappa shape index (κ3) is 6.31. The topological polar surface area (TPSA) is 75.2 Å². The number of guanidine groups is 1. The number of carbonyl (C=O) groups is 1. The maximum Gasteiger partial charge on any atom is 0.243 e. The summed E-state index contributed by atoms with van der Waals surface area (Å²) in [5, 5.41) is 6.43. The Morgan fingerprint density at radius 3 is 2.84 bits per heavy atom. The Bertz CT molecular complexity index is 937. The van der Waals surface area contributed by atoms with E-state index in [9.17, 15) is 13.6 Å². The molecule has 1 heterocycles. The molecule has 0 aliphatic carbocycles. The van der Waals surface area contributed by atoms with Crippen LogP contribution in [0.2, 0.25) is 0 Å². The lowest BCUT2D eigenvalue weighted by molar-refractivity contribution is -0.127. The van der Waals surface area contributed by atoms with Crippen molar-refractivity contribution in [3.8, 4) is 11.5 Å². The number of hydrogen-bond acceptors (Lipinski definition) is 4. The van der Waals surface area contributed by atoms with Crippen molar-refractivity contribution in [2.24, 2.45) is 4.99 Å². The molecule has 3 rings (SSSR count). The van der Waals surface area contributed by atoms with Crippen LogP contribution < -0.4 is 20.1 Å². The van der Waals surface area contributed by atoms with Crippen LogP contribution in [-0.4, -0.2) is 57.2 Å². The number of rotatable bonds is 7. The number of fused-ring (bicyclic) bond motifs is 1. The number of likely N-dealkylation sites (N-methyl/N-ethyl adjacent to an activating group) is 1. The average Bonchev–Trinajstić information content (AvgIpc) is 2.75. The molecular weight excluding hydrogens is 406 g/mol. The summed E-state index contributed by atoms with van der Waals surface area (Å²) in [6, 6.07) is 10.8. The number of benzene rings is 2. The molecule has 2 N–H and O–H groups in total. The van der Waals surface area contributed by atoms with Crippen molar-refractivity contribution in [2.75, 3.05) is 40.4 Å². The third-order valence-corrected chi connectivity index (χ3v) is 4.69. The fourth-order valence-electron chi connectivity index (χ4n) is 3.02. The molecule has 0 saturated carbocycles. The first-order valence-corrected chi connectivity index (χ1v) is 9.98. The summed E-state index contributed by atoms with van der Waals surface area (Å²) >= 11 is 0. The molecule has 1 atom stereocenters. The highest BCUT2D eigenvalue weighted by Crippen LogP contribution is 2.31. The first-order valence-electron chi connectivity index (χ1n) is 9.98. The SMILES string of the molecule is CN(C)C(=O)CN=C(NCCOc1ccc(F)cc1F)NC1CCOc2ccccc21. The maximum atomic E-state index is 13.7. The lowest BCUT2D eigenvalue weighted by atomic mass is 10.0. The molecule has 1 aliphatic rings. The summed E-state index contributed by atoms with van der Waals surface area (Å²) in [5.41, 5.74) is 1.01. The lowest BCUT2D eigenvalue weighted by Crippen LogP contribution is -2.43. The van der Waals surface area contributed by atoms with E-state index in [2.05, 4.69) is 15.6 Å². The van der Waals surface area contributed by atoms with Gasteiger partial charge in [-0.2, -0.15) is 0 Å². The fourth-order valence-corrected chi connectivity index (χ4v) is 3.02. The Morgan fingerprint density at radius 1 is 1.26 bits per heavy atom. The van der Waals surface area contributed by atoms with Crippen LogP contribution in [0.25, 0.3) is 0 Å². The first kappa shape index (κ1) is 22.3. The van der Waals surface area contributed by atoms with Gasteiger partial charge in [0.05, 0.1) is 19.2 Å². The van der Waals surface area contributed by atoms with E-state index in [0.29, 0.717) is 19.1 Å². The van der Waals surface area contributed by atoms with Crippen molar-refractivity contribution in [1.29, 1.82) is 0 Å². The van der Waals surface area contributed by atoms with Gasteiger partial charge in [-0.15, -0.1) is 0 Å². The molecule has 0 aromatic heterocycles. The Hall–Kier alpha value is -3.36. The van der Waals surface area contributed by atoms with Crippen LogP contribution in [0.1, 0.15) is 18.0 Å². The van der Waals surface area contributed by atoms with Gasteiger partial charge in [-0.1, -0.05) is 18.2 Å². The third-order valence-electron chi connectivity index (χ3n) is 4.69. The van der Waals surface area contributed by atoms with E-state index in [4.69, 9.17) is 9.47 Å². The van der Waals surface area contributed by atoms with Gasteiger partial charge in [-0.3, -0.25) is 4.79 Å². The zero-order valence-corrected chi connectivity index (χ0v) is 17.5. The zero-order chi connectivity index (χ0) is 22.2. The number of aliphatic imine (C=N–C) groups is 1. The van der Waals surface area contributed by atoms with Crippen LogP contribution in [0.4, 0.5) is 8.78 Å². The highest BCUT2D eigenvalue weighted by molar-refractivity contribution is 5.85. The molecule has 0 radical (unpaired) electrons. The molecule has 0 bridgehead atoms. The van der Waals surface area contributed by atoms with E-state index in [1.54, 1.807) is 14.1 Å². The van der Waals surface area contributed by atoms with Crippen LogP contribution in [0, 0.1) is 11.6 Å². The predicted octanol–water partition coefficient (Wildman–Crippen LogP) is 2.49. The molecular formula is C22H26F2N4O3. The number of nitrogens with one attached hydrogen (secondary N) is 2. The van der Waals surface area contributed by atoms with Gasteiger partial charge < -0.3 is 25.0 Å². The van der Waals surface area contributed by atoms with E-state index in [1.165, 1.54) is 11.0 Å². The van der Waals surface area contributed by atoms with Gasteiger partial charge >= 0.3 is 0 Å². The summed E-state index contributed by atoms with van der Waals surface area (Å²) in [6.45, 7) is 0.950. The van der Waals surface area contributed by atoms with Gasteiger partial charge in [0.15, 0.2) is 17.5 Å². The van der Waals surface area contributed by atoms with E-state index < -0.39 is 11.6 Å². The molecule has 0 saturated heterocycles. The van der Waals surface area contributed by atoms with E-state index in [-0.39, 0.29) is 30.9 Å². The van der Waals surface area contributed by atoms with Gasteiger partial charge in [0.25, 0.3) is 0 Å². The first-order chi connectivity index (χ1) is 14.9. The van der Waals surface area contributed by atoms with E-state index in [1.807, 2.05) is 24.3 Å². The quantitative estimate of drug-likeness (QED) is 0.400. The molecule has 0 spiro atoms. The van der Waals surface area contributed by atoms with Crippen molar-refractivity contribution in [3.05, 3.63) is 59.7 Å². The number of para-hydroxylation sites is 1. The second-order valence-corrected chi connectivity index (χ2v) is 7.17. The summed E-state index contributed by atoms with van der Waals surface area (Å²) in [5.74, 6) is -0.356. The number of ether oxygens (including phenoxy) is 2. The molecule has 7 nitrogen and oxygen atoms in total. The van der Waals surface area contributed by atoms with Gasteiger partial charge in [-0.05, 0) is 18.2 Å². The van der Waals surface area contributed by atoms with Gasteiger partial charge in [0, 0.05) is 32.1 Å². The second kappa shape index (κ2) is 10.6. The Balaban J connectivity index is 1.63. The summed E-state index contributed by atoms with van der Waals surface area (Å²) in [6.07, 6.45) is 0.733. The summed E-state index contributed by atoms with van der Waals surface area (Å²) < 4.78 is 37.8. The highest BCUT2D eigenvalue weighted by Gasteiger charge is 2.22. The average molecular weight is 432 g/mol. The number of amides is 1. The van der Waals surface area contributed by atoms with Gasteiger partial charge in [-0.25, -0.2) is 13.8 Å². The van der Waals surface area contributed by atoms with Crippen LogP contribution in [0.15, 0.2) is 47.5 Å². The van der Waals surface area contributed by atoms with Crippen LogP contribution in [0.5, 0.6) is 11.5 Å². The van der Waals surface area contributed by atoms with Crippen LogP contribution in [0.3, 0.4) is 0 Å². The van der Waals surface area contributed by atoms with Gasteiger partial charge in [0.2, 0.25) is 5.91 Å². The fraction of sp³-hybridized carbons (Fsp3) is 0.364. The number of carbonyl (C=O) groups excluding carboxylic acids is 1. The molecule has 1 amide bonds. The molecule has 0 fully saturated rings. The monoisotopic (exact) mass is 432 g/mol. The molecule has 31 heavy (non-hydrogen) atoms. The smallest absolute Gasteiger partial charge is 0.243 e. The largest absolute Gasteiger partial charge is 0.493 e. The van der Waals surface area contributed by atoms with Crippen LogP contribution >= 0.6 is 0 Å². The standard InChI is InChI=1S/C22H26F2N4O3/c1-28(2)21(29)14-26-22(25-10-12-31-20-8-7-15(23)13-17(20)24)27-18-9-11-30-19-6-4-3-5-16(18)19/h3-8,13,18H,9-12,14H2,1-2H3,(H2,25,26,27). The van der Waals surface area contributed by atoms with Crippen LogP contribution in [-0.2, 0) is 4.79 Å². The van der Waals surface area contributed by atoms with Gasteiger partial charge in [0.1, 0.15) is 24.7 Å². The molecule has 2 aromatic carbocycles. The minimum absolute atomic E-state index is 0.0271. The highest BCUT2D eigenvalue weighted by atomic mass is 19.1. The molecule has 2 aromatic rings. The maximum absolute atomic E-state index is 13.7. The molecule has 1 aliphatic heterocycles. The van der Waals surface area contributed by atoms with E-state index in [0.717, 1.165) is 29.9 Å². The van der Waals surface area contributed by atoms with Crippen molar-refractivity contribution in [2.45, 2.75) is 12.5 Å².